The number of hydrogen-bond acceptors (Lipinski definition) is 3. The second-order valence-electron chi connectivity index (χ2n) is 4.24. The Balaban J connectivity index is 2.36. The van der Waals surface area contributed by atoms with Crippen LogP contribution in [-0.2, 0) is 0 Å². The van der Waals surface area contributed by atoms with Crippen molar-refractivity contribution in [1.29, 1.82) is 0 Å². The molecule has 2 rings (SSSR count). The van der Waals surface area contributed by atoms with Crippen molar-refractivity contribution in [3.8, 4) is 11.5 Å². The summed E-state index contributed by atoms with van der Waals surface area (Å²) >= 11 is 5.82. The average molecular weight is 292 g/mol. The molecule has 0 aliphatic heterocycles. The molecule has 0 aliphatic rings. The van der Waals surface area contributed by atoms with Gasteiger partial charge in [-0.25, -0.2) is 0 Å². The molecule has 0 saturated carbocycles. The standard InChI is InChI=1S/C15H14ClNO3/c1-2-17(11-4-3-5-12(18)9-11)15(20)10-6-7-14(19)13(16)8-10/h3-9,18-19H,2H2,1H3. The zero-order valence-corrected chi connectivity index (χ0v) is 11.6. The Morgan fingerprint density at radius 2 is 1.95 bits per heavy atom. The van der Waals surface area contributed by atoms with Crippen LogP contribution in [0.25, 0.3) is 0 Å². The van der Waals surface area contributed by atoms with E-state index in [0.717, 1.165) is 0 Å². The molecule has 0 aliphatic carbocycles. The van der Waals surface area contributed by atoms with Crippen molar-refractivity contribution in [2.75, 3.05) is 11.4 Å². The predicted molar refractivity (Wildman–Crippen MR) is 78.6 cm³/mol. The van der Waals surface area contributed by atoms with Crippen LogP contribution in [-0.4, -0.2) is 22.7 Å². The summed E-state index contributed by atoms with van der Waals surface area (Å²) < 4.78 is 0. The first-order chi connectivity index (χ1) is 9.52. The number of carbonyl (C=O) groups is 1. The number of rotatable bonds is 3. The molecule has 5 heteroatoms. The molecule has 2 N–H and O–H groups in total. The van der Waals surface area contributed by atoms with E-state index in [2.05, 4.69) is 0 Å². The van der Waals surface area contributed by atoms with Crippen LogP contribution >= 0.6 is 11.6 Å². The number of nitrogens with zero attached hydrogens (tertiary/aromatic N) is 1. The Morgan fingerprint density at radius 1 is 1.20 bits per heavy atom. The maximum atomic E-state index is 12.5. The molecule has 2 aromatic rings. The summed E-state index contributed by atoms with van der Waals surface area (Å²) in [5.74, 6) is -0.221. The minimum Gasteiger partial charge on any atom is -0.508 e. The summed E-state index contributed by atoms with van der Waals surface area (Å²) in [6, 6.07) is 10.8. The van der Waals surface area contributed by atoms with Crippen LogP contribution in [0.3, 0.4) is 0 Å². The average Bonchev–Trinajstić information content (AvgIpc) is 2.42. The SMILES string of the molecule is CCN(C(=O)c1ccc(O)c(Cl)c1)c1cccc(O)c1. The molecule has 1 amide bonds. The third-order valence-electron chi connectivity index (χ3n) is 2.90. The quantitative estimate of drug-likeness (QED) is 0.911. The summed E-state index contributed by atoms with van der Waals surface area (Å²) in [5.41, 5.74) is 0.972. The zero-order chi connectivity index (χ0) is 14.7. The molecule has 0 atom stereocenters. The van der Waals surface area contributed by atoms with Gasteiger partial charge in [-0.05, 0) is 37.3 Å². The molecule has 0 unspecified atom stereocenters. The number of amides is 1. The molecular weight excluding hydrogens is 278 g/mol. The van der Waals surface area contributed by atoms with Crippen molar-refractivity contribution in [3.05, 3.63) is 53.1 Å². The number of aromatic hydroxyl groups is 2. The van der Waals surface area contributed by atoms with Gasteiger partial charge in [0.25, 0.3) is 5.91 Å². The predicted octanol–water partition coefficient (Wildman–Crippen LogP) is 3.42. The van der Waals surface area contributed by atoms with E-state index in [9.17, 15) is 15.0 Å². The van der Waals surface area contributed by atoms with Gasteiger partial charge in [-0.3, -0.25) is 4.79 Å². The highest BCUT2D eigenvalue weighted by atomic mass is 35.5. The number of halogens is 1. The monoisotopic (exact) mass is 291 g/mol. The molecule has 0 radical (unpaired) electrons. The molecule has 2 aromatic carbocycles. The first-order valence-electron chi connectivity index (χ1n) is 6.12. The van der Waals surface area contributed by atoms with Gasteiger partial charge in [-0.1, -0.05) is 17.7 Å². The Labute approximate surface area is 121 Å². The lowest BCUT2D eigenvalue weighted by Crippen LogP contribution is -2.30. The first kappa shape index (κ1) is 14.2. The van der Waals surface area contributed by atoms with Gasteiger partial charge in [-0.2, -0.15) is 0 Å². The van der Waals surface area contributed by atoms with Gasteiger partial charge in [0.2, 0.25) is 0 Å². The molecule has 0 heterocycles. The highest BCUT2D eigenvalue weighted by molar-refractivity contribution is 6.32. The van der Waals surface area contributed by atoms with Crippen molar-refractivity contribution in [1.82, 2.24) is 0 Å². The lowest BCUT2D eigenvalue weighted by atomic mass is 10.1. The van der Waals surface area contributed by atoms with Crippen LogP contribution < -0.4 is 4.90 Å². The summed E-state index contributed by atoms with van der Waals surface area (Å²) in [6.45, 7) is 2.28. The highest BCUT2D eigenvalue weighted by Crippen LogP contribution is 2.26. The number of phenols is 2. The lowest BCUT2D eigenvalue weighted by molar-refractivity contribution is 0.0988. The Bertz CT molecular complexity index is 643. The van der Waals surface area contributed by atoms with Crippen molar-refractivity contribution in [3.63, 3.8) is 0 Å². The van der Waals surface area contributed by atoms with Gasteiger partial charge in [0.05, 0.1) is 5.02 Å². The normalized spacial score (nSPS) is 10.3. The van der Waals surface area contributed by atoms with Crippen molar-refractivity contribution in [2.45, 2.75) is 6.92 Å². The molecule has 0 bridgehead atoms. The topological polar surface area (TPSA) is 60.8 Å². The molecule has 0 fully saturated rings. The van der Waals surface area contributed by atoms with Crippen molar-refractivity contribution < 1.29 is 15.0 Å². The first-order valence-corrected chi connectivity index (χ1v) is 6.50. The van der Waals surface area contributed by atoms with Gasteiger partial charge in [0.1, 0.15) is 11.5 Å². The van der Waals surface area contributed by atoms with Crippen LogP contribution in [0.1, 0.15) is 17.3 Å². The minimum atomic E-state index is -0.250. The van der Waals surface area contributed by atoms with Crippen LogP contribution in [0.2, 0.25) is 5.02 Å². The van der Waals surface area contributed by atoms with E-state index in [1.165, 1.54) is 29.2 Å². The van der Waals surface area contributed by atoms with E-state index < -0.39 is 0 Å². The number of carbonyl (C=O) groups excluding carboxylic acids is 1. The molecular formula is C15H14ClNO3. The summed E-state index contributed by atoms with van der Waals surface area (Å²) in [5, 5.41) is 19.0. The maximum Gasteiger partial charge on any atom is 0.258 e. The number of hydrogen-bond donors (Lipinski definition) is 2. The van der Waals surface area contributed by atoms with Crippen LogP contribution in [0, 0.1) is 0 Å². The fraction of sp³-hybridized carbons (Fsp3) is 0.133. The van der Waals surface area contributed by atoms with E-state index in [-0.39, 0.29) is 22.4 Å². The maximum absolute atomic E-state index is 12.5. The molecule has 0 saturated heterocycles. The fourth-order valence-electron chi connectivity index (χ4n) is 1.90. The van der Waals surface area contributed by atoms with Crippen molar-refractivity contribution in [2.24, 2.45) is 0 Å². The van der Waals surface area contributed by atoms with E-state index in [1.807, 2.05) is 6.92 Å². The van der Waals surface area contributed by atoms with Gasteiger partial charge in [0.15, 0.2) is 0 Å². The highest BCUT2D eigenvalue weighted by Gasteiger charge is 2.17. The third-order valence-corrected chi connectivity index (χ3v) is 3.20. The van der Waals surface area contributed by atoms with E-state index in [1.54, 1.807) is 18.2 Å². The second-order valence-corrected chi connectivity index (χ2v) is 4.64. The number of benzene rings is 2. The molecule has 104 valence electrons. The second kappa shape index (κ2) is 5.84. The molecule has 20 heavy (non-hydrogen) atoms. The number of anilines is 1. The van der Waals surface area contributed by atoms with E-state index in [4.69, 9.17) is 11.6 Å². The largest absolute Gasteiger partial charge is 0.508 e. The van der Waals surface area contributed by atoms with Crippen LogP contribution in [0.15, 0.2) is 42.5 Å². The molecule has 4 nitrogen and oxygen atoms in total. The summed E-state index contributed by atoms with van der Waals surface area (Å²) in [4.78, 5) is 14.0. The molecule has 0 aromatic heterocycles. The summed E-state index contributed by atoms with van der Waals surface area (Å²) in [7, 11) is 0. The van der Waals surface area contributed by atoms with Crippen LogP contribution in [0.4, 0.5) is 5.69 Å². The smallest absolute Gasteiger partial charge is 0.258 e. The fourth-order valence-corrected chi connectivity index (χ4v) is 2.08. The zero-order valence-electron chi connectivity index (χ0n) is 10.9. The summed E-state index contributed by atoms with van der Waals surface area (Å²) in [6.07, 6.45) is 0. The lowest BCUT2D eigenvalue weighted by Gasteiger charge is -2.21. The number of phenolic OH excluding ortho intramolecular Hbond substituents is 2. The van der Waals surface area contributed by atoms with Gasteiger partial charge in [-0.15, -0.1) is 0 Å². The Morgan fingerprint density at radius 3 is 2.55 bits per heavy atom. The third kappa shape index (κ3) is 2.86. The Kier molecular flexibility index (Phi) is 4.15. The molecule has 0 spiro atoms. The van der Waals surface area contributed by atoms with E-state index in [0.29, 0.717) is 17.8 Å². The van der Waals surface area contributed by atoms with Gasteiger partial charge < -0.3 is 15.1 Å². The van der Waals surface area contributed by atoms with Crippen molar-refractivity contribution >= 4 is 23.2 Å². The van der Waals surface area contributed by atoms with E-state index >= 15 is 0 Å². The van der Waals surface area contributed by atoms with Crippen LogP contribution in [0.5, 0.6) is 11.5 Å². The minimum absolute atomic E-state index is 0.0661. The Hall–Kier alpha value is -2.20. The van der Waals surface area contributed by atoms with Gasteiger partial charge >= 0.3 is 0 Å². The van der Waals surface area contributed by atoms with Gasteiger partial charge in [0, 0.05) is 23.9 Å².